The molecule has 0 aromatic heterocycles. The van der Waals surface area contributed by atoms with Crippen LogP contribution in [-0.4, -0.2) is 70.7 Å². The molecule has 0 saturated carbocycles. The van der Waals surface area contributed by atoms with E-state index < -0.39 is 47.6 Å². The number of aliphatic hydroxyl groups is 1. The number of anilines is 2. The highest BCUT2D eigenvalue weighted by molar-refractivity contribution is 6.34. The van der Waals surface area contributed by atoms with Gasteiger partial charge < -0.3 is 24.5 Å². The van der Waals surface area contributed by atoms with E-state index in [4.69, 9.17) is 16.3 Å². The maximum absolute atomic E-state index is 15.1. The Morgan fingerprint density at radius 3 is 2.21 bits per heavy atom. The average Bonchev–Trinajstić information content (AvgIpc) is 3.62. The zero-order chi connectivity index (χ0) is 34.2. The van der Waals surface area contributed by atoms with Gasteiger partial charge in [0.05, 0.1) is 40.8 Å². The van der Waals surface area contributed by atoms with Crippen LogP contribution in [0, 0.1) is 17.8 Å². The molecule has 2 bridgehead atoms. The van der Waals surface area contributed by atoms with Crippen molar-refractivity contribution < 1.29 is 24.2 Å². The number of hydrogen-bond acceptors (Lipinski definition) is 5. The molecule has 3 aromatic rings. The molecule has 7 atom stereocenters. The van der Waals surface area contributed by atoms with Gasteiger partial charge in [0.25, 0.3) is 5.91 Å². The second-order valence-corrected chi connectivity index (χ2v) is 13.6. The van der Waals surface area contributed by atoms with Gasteiger partial charge in [-0.25, -0.2) is 0 Å². The number of carbonyl (C=O) groups excluding carboxylic acids is 3. The molecule has 1 N–H and O–H groups in total. The van der Waals surface area contributed by atoms with Gasteiger partial charge >= 0.3 is 0 Å². The lowest BCUT2D eigenvalue weighted by Crippen LogP contribution is -2.59. The number of fused-ring (bicyclic) bond motifs is 1. The predicted molar refractivity (Wildman–Crippen MR) is 188 cm³/mol. The first-order valence-electron chi connectivity index (χ1n) is 16.4. The molecule has 6 rings (SSSR count). The molecule has 3 amide bonds. The zero-order valence-electron chi connectivity index (χ0n) is 27.4. The van der Waals surface area contributed by atoms with Gasteiger partial charge in [-0.05, 0) is 55.5 Å². The Labute approximate surface area is 287 Å². The summed E-state index contributed by atoms with van der Waals surface area (Å²) in [5.74, 6) is -3.05. The summed E-state index contributed by atoms with van der Waals surface area (Å²) in [5, 5.41) is 11.3. The number of likely N-dealkylation sites (tertiary alicyclic amines) is 1. The van der Waals surface area contributed by atoms with Gasteiger partial charge in [0.2, 0.25) is 11.8 Å². The number of hydrogen-bond donors (Lipinski definition) is 1. The topological polar surface area (TPSA) is 90.4 Å². The van der Waals surface area contributed by atoms with E-state index in [1.54, 1.807) is 41.3 Å². The molecule has 3 fully saturated rings. The summed E-state index contributed by atoms with van der Waals surface area (Å²) >= 11 is 6.65. The lowest BCUT2D eigenvalue weighted by Gasteiger charge is -2.39. The van der Waals surface area contributed by atoms with Crippen molar-refractivity contribution in [3.05, 3.63) is 121 Å². The minimum absolute atomic E-state index is 0.126. The molecule has 3 aliphatic heterocycles. The van der Waals surface area contributed by atoms with Crippen LogP contribution in [0.25, 0.3) is 0 Å². The first-order chi connectivity index (χ1) is 23.1. The van der Waals surface area contributed by atoms with Gasteiger partial charge in [-0.3, -0.25) is 14.4 Å². The van der Waals surface area contributed by atoms with Gasteiger partial charge in [-0.15, -0.1) is 13.2 Å². The summed E-state index contributed by atoms with van der Waals surface area (Å²) in [7, 11) is 0. The van der Waals surface area contributed by atoms with Crippen molar-refractivity contribution in [3.8, 4) is 0 Å². The van der Waals surface area contributed by atoms with Crippen LogP contribution in [0.5, 0.6) is 0 Å². The fourth-order valence-corrected chi connectivity index (χ4v) is 8.58. The third kappa shape index (κ3) is 5.36. The summed E-state index contributed by atoms with van der Waals surface area (Å²) in [6, 6.07) is 24.0. The molecule has 3 unspecified atom stereocenters. The summed E-state index contributed by atoms with van der Waals surface area (Å²) in [6.07, 6.45) is 3.97. The number of aliphatic hydroxyl groups excluding tert-OH is 1. The molecular weight excluding hydrogens is 626 g/mol. The largest absolute Gasteiger partial charge is 0.394 e. The van der Waals surface area contributed by atoms with Crippen LogP contribution >= 0.6 is 11.6 Å². The first-order valence-corrected chi connectivity index (χ1v) is 16.8. The first kappa shape index (κ1) is 33.7. The van der Waals surface area contributed by atoms with Crippen molar-refractivity contribution in [2.75, 3.05) is 29.5 Å². The second kappa shape index (κ2) is 13.3. The number of benzene rings is 3. The van der Waals surface area contributed by atoms with E-state index >= 15 is 9.59 Å². The highest BCUT2D eigenvalue weighted by Gasteiger charge is 2.80. The van der Waals surface area contributed by atoms with E-state index in [-0.39, 0.29) is 30.8 Å². The molecule has 3 aromatic carbocycles. The number of halogens is 1. The van der Waals surface area contributed by atoms with E-state index in [9.17, 15) is 9.90 Å². The van der Waals surface area contributed by atoms with Crippen molar-refractivity contribution in [2.45, 2.75) is 50.0 Å². The SMILES string of the molecule is C=CCN(C(=O)[C@H]1[C@H]2C(=O)N([C@@H](CO)Cc3ccccc3)C(C(=O)N(CC=C)c3ccccc3Cl)C23CC(C)[C@]1(C)O3)c1ccccc1. The lowest BCUT2D eigenvalue weighted by molar-refractivity contribution is -0.149. The van der Waals surface area contributed by atoms with Crippen molar-refractivity contribution in [1.29, 1.82) is 0 Å². The minimum atomic E-state index is -1.33. The maximum Gasteiger partial charge on any atom is 0.253 e. The van der Waals surface area contributed by atoms with Crippen LogP contribution in [0.4, 0.5) is 11.4 Å². The number of rotatable bonds is 12. The van der Waals surface area contributed by atoms with E-state index in [0.717, 1.165) is 5.56 Å². The Morgan fingerprint density at radius 1 is 0.979 bits per heavy atom. The summed E-state index contributed by atoms with van der Waals surface area (Å²) in [6.45, 7) is 11.7. The zero-order valence-corrected chi connectivity index (χ0v) is 28.1. The number of nitrogens with zero attached hydrogens (tertiary/aromatic N) is 3. The molecule has 9 heteroatoms. The molecule has 3 heterocycles. The Balaban J connectivity index is 1.51. The molecule has 8 nitrogen and oxygen atoms in total. The van der Waals surface area contributed by atoms with E-state index in [2.05, 4.69) is 13.2 Å². The summed E-state index contributed by atoms with van der Waals surface area (Å²) in [5.41, 5.74) is -0.306. The molecule has 0 radical (unpaired) electrons. The third-order valence-electron chi connectivity index (χ3n) is 10.5. The van der Waals surface area contributed by atoms with E-state index in [0.29, 0.717) is 29.2 Å². The van der Waals surface area contributed by atoms with Crippen molar-refractivity contribution in [1.82, 2.24) is 4.90 Å². The van der Waals surface area contributed by atoms with Crippen LogP contribution in [0.1, 0.15) is 25.8 Å². The fraction of sp³-hybridized carbons (Fsp3) is 0.359. The molecule has 48 heavy (non-hydrogen) atoms. The van der Waals surface area contributed by atoms with Crippen LogP contribution in [-0.2, 0) is 25.5 Å². The third-order valence-corrected chi connectivity index (χ3v) is 10.9. The normalized spacial score (nSPS) is 27.8. The maximum atomic E-state index is 15.1. The second-order valence-electron chi connectivity index (χ2n) is 13.2. The van der Waals surface area contributed by atoms with Crippen molar-refractivity contribution >= 4 is 40.7 Å². The van der Waals surface area contributed by atoms with E-state index in [1.165, 1.54) is 9.80 Å². The van der Waals surface area contributed by atoms with Gasteiger partial charge in [-0.1, -0.05) is 91.3 Å². The van der Waals surface area contributed by atoms with Crippen LogP contribution in [0.3, 0.4) is 0 Å². The summed E-state index contributed by atoms with van der Waals surface area (Å²) < 4.78 is 7.03. The van der Waals surface area contributed by atoms with Crippen molar-refractivity contribution in [3.63, 3.8) is 0 Å². The van der Waals surface area contributed by atoms with Crippen LogP contribution in [0.2, 0.25) is 5.02 Å². The van der Waals surface area contributed by atoms with Crippen molar-refractivity contribution in [2.24, 2.45) is 17.8 Å². The number of carbonyl (C=O) groups is 3. The molecule has 1 spiro atoms. The lowest BCUT2D eigenvalue weighted by atomic mass is 9.62. The van der Waals surface area contributed by atoms with Gasteiger partial charge in [0.1, 0.15) is 11.6 Å². The average molecular weight is 668 g/mol. The quantitative estimate of drug-likeness (QED) is 0.251. The van der Waals surface area contributed by atoms with E-state index in [1.807, 2.05) is 74.5 Å². The Hall–Kier alpha value is -4.24. The molecule has 0 aliphatic carbocycles. The highest BCUT2D eigenvalue weighted by Crippen LogP contribution is 2.66. The highest BCUT2D eigenvalue weighted by atomic mass is 35.5. The smallest absolute Gasteiger partial charge is 0.253 e. The predicted octanol–water partition coefficient (Wildman–Crippen LogP) is 5.69. The Kier molecular flexibility index (Phi) is 9.35. The Bertz CT molecular complexity index is 1700. The monoisotopic (exact) mass is 667 g/mol. The van der Waals surface area contributed by atoms with Gasteiger partial charge in [0, 0.05) is 18.8 Å². The van der Waals surface area contributed by atoms with Gasteiger partial charge in [0.15, 0.2) is 0 Å². The summed E-state index contributed by atoms with van der Waals surface area (Å²) in [4.78, 5) is 49.7. The minimum Gasteiger partial charge on any atom is -0.394 e. The number of ether oxygens (including phenoxy) is 1. The van der Waals surface area contributed by atoms with Gasteiger partial charge in [-0.2, -0.15) is 0 Å². The standard InChI is InChI=1S/C39H42ClN3O5/c1-5-21-41(28-17-11-8-12-18-28)35(45)32-33-36(46)43(29(25-44)23-27-15-9-7-10-16-27)34(39(33)24-26(3)38(32,4)48-39)37(47)42(22-6-2)31-20-14-13-19-30(31)40/h5-20,26,29,32-34,44H,1-2,21-25H2,3-4H3/t26?,29-,32-,33+,34?,38+,39?/m1/s1. The molecule has 250 valence electrons. The fourth-order valence-electron chi connectivity index (χ4n) is 8.34. The Morgan fingerprint density at radius 2 is 1.58 bits per heavy atom. The van der Waals surface area contributed by atoms with Crippen LogP contribution < -0.4 is 9.80 Å². The number of amides is 3. The van der Waals surface area contributed by atoms with Crippen LogP contribution in [0.15, 0.2) is 110 Å². The molecule has 3 aliphatic rings. The molecular formula is C39H42ClN3O5. The number of para-hydroxylation sites is 2. The molecule has 3 saturated heterocycles.